The van der Waals surface area contributed by atoms with E-state index in [1.54, 1.807) is 18.2 Å². The molecule has 0 unspecified atom stereocenters. The van der Waals surface area contributed by atoms with Gasteiger partial charge in [0.1, 0.15) is 18.2 Å². The average molecular weight is 581 g/mol. The fourth-order valence-electron chi connectivity index (χ4n) is 5.22. The van der Waals surface area contributed by atoms with Crippen LogP contribution in [0, 0.1) is 0 Å². The van der Waals surface area contributed by atoms with Gasteiger partial charge in [0, 0.05) is 35.3 Å². The van der Waals surface area contributed by atoms with Gasteiger partial charge in [-0.05, 0) is 72.8 Å². The van der Waals surface area contributed by atoms with Crippen LogP contribution in [0.4, 0.5) is 11.6 Å². The van der Waals surface area contributed by atoms with Crippen molar-refractivity contribution >= 4 is 17.5 Å². The Kier molecular flexibility index (Phi) is 9.33. The summed E-state index contributed by atoms with van der Waals surface area (Å²) in [5.41, 5.74) is 10.3. The maximum atomic E-state index is 13.1. The van der Waals surface area contributed by atoms with Gasteiger partial charge in [-0.15, -0.1) is 0 Å². The minimum absolute atomic E-state index is 0.0106. The largest absolute Gasteiger partial charge is 0.492 e. The van der Waals surface area contributed by atoms with E-state index in [2.05, 4.69) is 45.9 Å². The lowest BCUT2D eigenvalue weighted by Gasteiger charge is -2.19. The summed E-state index contributed by atoms with van der Waals surface area (Å²) in [5.74, 6) is 1.47. The average Bonchev–Trinajstić information content (AvgIpc) is 3.51. The van der Waals surface area contributed by atoms with E-state index in [0.29, 0.717) is 47.1 Å². The lowest BCUT2D eigenvalue weighted by Crippen LogP contribution is -2.25. The molecule has 0 bridgehead atoms. The van der Waals surface area contributed by atoms with E-state index in [-0.39, 0.29) is 23.9 Å². The third kappa shape index (κ3) is 7.74. The number of nitrogens with one attached hydrogen (secondary N) is 1. The van der Waals surface area contributed by atoms with Crippen molar-refractivity contribution in [2.75, 3.05) is 37.3 Å². The van der Waals surface area contributed by atoms with Crippen LogP contribution in [-0.4, -0.2) is 57.1 Å². The highest BCUT2D eigenvalue weighted by molar-refractivity contribution is 6.05. The van der Waals surface area contributed by atoms with Gasteiger partial charge in [-0.1, -0.05) is 57.2 Å². The molecule has 5 rings (SSSR count). The molecule has 0 radical (unpaired) electrons. The van der Waals surface area contributed by atoms with Crippen molar-refractivity contribution in [3.8, 4) is 17.1 Å². The van der Waals surface area contributed by atoms with Crippen molar-refractivity contribution in [3.63, 3.8) is 0 Å². The summed E-state index contributed by atoms with van der Waals surface area (Å²) < 4.78 is 5.92. The molecule has 2 heterocycles. The number of aromatic nitrogens is 3. The van der Waals surface area contributed by atoms with Crippen molar-refractivity contribution in [1.82, 2.24) is 19.9 Å². The van der Waals surface area contributed by atoms with Crippen LogP contribution in [0.1, 0.15) is 66.5 Å². The SMILES string of the molecule is CC(C)(C)c1ccc(C(=O)Nc2cccc(-c3nc(N)nc(Cc4ccc(OCCN5CCCC5)cc4)n3)c2CO)cc1. The van der Waals surface area contributed by atoms with Crippen LogP contribution in [-0.2, 0) is 18.4 Å². The van der Waals surface area contributed by atoms with Crippen molar-refractivity contribution in [3.05, 3.63) is 94.8 Å². The number of benzene rings is 3. The second-order valence-corrected chi connectivity index (χ2v) is 11.9. The number of nitrogens with zero attached hydrogens (tertiary/aromatic N) is 4. The number of aliphatic hydroxyl groups excluding tert-OH is 1. The van der Waals surface area contributed by atoms with Crippen molar-refractivity contribution in [2.24, 2.45) is 0 Å². The lowest BCUT2D eigenvalue weighted by molar-refractivity contribution is 0.102. The summed E-state index contributed by atoms with van der Waals surface area (Å²) in [6.07, 6.45) is 2.99. The molecule has 0 aliphatic carbocycles. The molecule has 3 aromatic carbocycles. The molecule has 0 spiro atoms. The van der Waals surface area contributed by atoms with E-state index in [1.165, 1.54) is 12.8 Å². The van der Waals surface area contributed by atoms with Crippen LogP contribution in [0.3, 0.4) is 0 Å². The van der Waals surface area contributed by atoms with E-state index in [1.807, 2.05) is 48.5 Å². The number of amides is 1. The number of aliphatic hydroxyl groups is 1. The zero-order chi connectivity index (χ0) is 30.4. The van der Waals surface area contributed by atoms with Gasteiger partial charge in [-0.2, -0.15) is 9.97 Å². The number of anilines is 2. The number of ether oxygens (including phenoxy) is 1. The zero-order valence-corrected chi connectivity index (χ0v) is 25.1. The Morgan fingerprint density at radius 2 is 1.70 bits per heavy atom. The smallest absolute Gasteiger partial charge is 0.255 e. The maximum absolute atomic E-state index is 13.1. The molecule has 4 aromatic rings. The molecule has 1 aliphatic rings. The number of nitrogen functional groups attached to an aromatic ring is 1. The van der Waals surface area contributed by atoms with Crippen LogP contribution in [0.5, 0.6) is 5.75 Å². The quantitative estimate of drug-likeness (QED) is 0.233. The van der Waals surface area contributed by atoms with Gasteiger partial charge < -0.3 is 20.9 Å². The Hall–Kier alpha value is -4.34. The van der Waals surface area contributed by atoms with Crippen LogP contribution in [0.15, 0.2) is 66.7 Å². The Morgan fingerprint density at radius 3 is 2.37 bits per heavy atom. The second kappa shape index (κ2) is 13.3. The first-order valence-corrected chi connectivity index (χ1v) is 14.8. The first-order chi connectivity index (χ1) is 20.7. The third-order valence-electron chi connectivity index (χ3n) is 7.70. The van der Waals surface area contributed by atoms with E-state index in [9.17, 15) is 9.90 Å². The molecular formula is C34H40N6O3. The Morgan fingerprint density at radius 1 is 0.977 bits per heavy atom. The monoisotopic (exact) mass is 580 g/mol. The number of carbonyl (C=O) groups excluding carboxylic acids is 1. The molecule has 1 aliphatic heterocycles. The molecule has 1 saturated heterocycles. The predicted molar refractivity (Wildman–Crippen MR) is 169 cm³/mol. The maximum Gasteiger partial charge on any atom is 0.255 e. The van der Waals surface area contributed by atoms with Gasteiger partial charge >= 0.3 is 0 Å². The minimum atomic E-state index is -0.325. The molecule has 1 amide bonds. The summed E-state index contributed by atoms with van der Waals surface area (Å²) >= 11 is 0. The number of likely N-dealkylation sites (tertiary alicyclic amines) is 1. The summed E-state index contributed by atoms with van der Waals surface area (Å²) in [6, 6.07) is 20.8. The molecule has 224 valence electrons. The van der Waals surface area contributed by atoms with E-state index < -0.39 is 0 Å². The second-order valence-electron chi connectivity index (χ2n) is 11.9. The van der Waals surface area contributed by atoms with Crippen molar-refractivity contribution in [2.45, 2.75) is 52.1 Å². The van der Waals surface area contributed by atoms with Gasteiger partial charge in [0.25, 0.3) is 5.91 Å². The van der Waals surface area contributed by atoms with Gasteiger partial charge in [-0.3, -0.25) is 9.69 Å². The van der Waals surface area contributed by atoms with E-state index >= 15 is 0 Å². The molecule has 9 nitrogen and oxygen atoms in total. The Bertz CT molecular complexity index is 1540. The number of hydrogen-bond donors (Lipinski definition) is 3. The van der Waals surface area contributed by atoms with Crippen LogP contribution in [0.2, 0.25) is 0 Å². The Balaban J connectivity index is 1.29. The molecule has 1 fully saturated rings. The Labute approximate surface area is 253 Å². The highest BCUT2D eigenvalue weighted by Crippen LogP contribution is 2.29. The molecule has 43 heavy (non-hydrogen) atoms. The first kappa shape index (κ1) is 30.1. The standard InChI is InChI=1S/C34H40N6O3/c1-34(2,3)25-13-11-24(12-14-25)32(42)36-29-8-6-7-27(28(29)22-41)31-37-30(38-33(35)39-31)21-23-9-15-26(16-10-23)43-20-19-40-17-4-5-18-40/h6-16,41H,4-5,17-22H2,1-3H3,(H,36,42)(H2,35,37,38,39). The molecule has 4 N–H and O–H groups in total. The van der Waals surface area contributed by atoms with Crippen LogP contribution < -0.4 is 15.8 Å². The van der Waals surface area contributed by atoms with Gasteiger partial charge in [-0.25, -0.2) is 4.98 Å². The summed E-state index contributed by atoms with van der Waals surface area (Å²) in [6.45, 7) is 9.99. The van der Waals surface area contributed by atoms with E-state index in [4.69, 9.17) is 10.5 Å². The molecule has 9 heteroatoms. The zero-order valence-electron chi connectivity index (χ0n) is 25.1. The normalized spacial score (nSPS) is 13.7. The topological polar surface area (TPSA) is 126 Å². The predicted octanol–water partition coefficient (Wildman–Crippen LogP) is 5.23. The number of carbonyl (C=O) groups is 1. The summed E-state index contributed by atoms with van der Waals surface area (Å²) in [5, 5.41) is 13.3. The van der Waals surface area contributed by atoms with Crippen LogP contribution >= 0.6 is 0 Å². The first-order valence-electron chi connectivity index (χ1n) is 14.8. The highest BCUT2D eigenvalue weighted by atomic mass is 16.5. The molecule has 1 aromatic heterocycles. The number of nitrogens with two attached hydrogens (primary N) is 1. The highest BCUT2D eigenvalue weighted by Gasteiger charge is 2.18. The fraction of sp³-hybridized carbons (Fsp3) is 0.353. The number of rotatable bonds is 10. The van der Waals surface area contributed by atoms with Crippen LogP contribution in [0.25, 0.3) is 11.4 Å². The van der Waals surface area contributed by atoms with Gasteiger partial charge in [0.2, 0.25) is 5.95 Å². The lowest BCUT2D eigenvalue weighted by atomic mass is 9.86. The summed E-state index contributed by atoms with van der Waals surface area (Å²) in [7, 11) is 0. The third-order valence-corrected chi connectivity index (χ3v) is 7.70. The molecule has 0 atom stereocenters. The fourth-order valence-corrected chi connectivity index (χ4v) is 5.22. The minimum Gasteiger partial charge on any atom is -0.492 e. The van der Waals surface area contributed by atoms with Crippen molar-refractivity contribution < 1.29 is 14.6 Å². The van der Waals surface area contributed by atoms with E-state index in [0.717, 1.165) is 36.5 Å². The van der Waals surface area contributed by atoms with Crippen molar-refractivity contribution in [1.29, 1.82) is 0 Å². The van der Waals surface area contributed by atoms with Gasteiger partial charge in [0.15, 0.2) is 5.82 Å². The summed E-state index contributed by atoms with van der Waals surface area (Å²) in [4.78, 5) is 28.9. The molecular weight excluding hydrogens is 540 g/mol. The number of hydrogen-bond acceptors (Lipinski definition) is 8. The van der Waals surface area contributed by atoms with Gasteiger partial charge in [0.05, 0.1) is 6.61 Å². The molecule has 0 saturated carbocycles.